The molecule has 2 aromatic rings. The molecule has 0 aliphatic heterocycles. The molecule has 96 valence electrons. The molecule has 2 nitrogen and oxygen atoms in total. The van der Waals surface area contributed by atoms with Crippen molar-refractivity contribution in [1.29, 1.82) is 0 Å². The fourth-order valence-electron chi connectivity index (χ4n) is 2.78. The quantitative estimate of drug-likeness (QED) is 0.603. The third-order valence-electron chi connectivity index (χ3n) is 3.71. The zero-order chi connectivity index (χ0) is 13.2. The number of nitrogens with zero attached hydrogens (tertiary/aromatic N) is 1. The topological polar surface area (TPSA) is 32.6 Å². The molecule has 3 rings (SSSR count). The van der Waals surface area contributed by atoms with Crippen LogP contribution < -0.4 is 0 Å². The number of hydrogen-bond acceptors (Lipinski definition) is 2. The van der Waals surface area contributed by atoms with Gasteiger partial charge in [-0.05, 0) is 36.1 Å². The molecule has 0 amide bonds. The standard InChI is InChI=1S/C16H14ClNO/c17-12-7-5-11(6-8-12)13-9-10-16(18-19)15-4-2-1-3-14(13)15/h1-8,13,19H,9-10H2. The van der Waals surface area contributed by atoms with Gasteiger partial charge >= 0.3 is 0 Å². The van der Waals surface area contributed by atoms with Crippen LogP contribution in [0.5, 0.6) is 0 Å². The van der Waals surface area contributed by atoms with Crippen molar-refractivity contribution >= 4 is 17.3 Å². The Kier molecular flexibility index (Phi) is 3.26. The Morgan fingerprint density at radius 1 is 1.05 bits per heavy atom. The van der Waals surface area contributed by atoms with Gasteiger partial charge in [0, 0.05) is 16.5 Å². The highest BCUT2D eigenvalue weighted by Crippen LogP contribution is 2.37. The first-order valence-corrected chi connectivity index (χ1v) is 6.73. The smallest absolute Gasteiger partial charge is 0.0871 e. The van der Waals surface area contributed by atoms with Crippen molar-refractivity contribution in [3.63, 3.8) is 0 Å². The van der Waals surface area contributed by atoms with Crippen LogP contribution in [0.4, 0.5) is 0 Å². The predicted octanol–water partition coefficient (Wildman–Crippen LogP) is 4.44. The Labute approximate surface area is 117 Å². The number of fused-ring (bicyclic) bond motifs is 1. The van der Waals surface area contributed by atoms with Gasteiger partial charge in [0.2, 0.25) is 0 Å². The van der Waals surface area contributed by atoms with Crippen molar-refractivity contribution in [1.82, 2.24) is 0 Å². The summed E-state index contributed by atoms with van der Waals surface area (Å²) in [6.07, 6.45) is 1.75. The average Bonchev–Trinajstić information content (AvgIpc) is 2.47. The van der Waals surface area contributed by atoms with Gasteiger partial charge in [-0.25, -0.2) is 0 Å². The molecule has 0 heterocycles. The normalized spacial score (nSPS) is 20.3. The molecule has 0 radical (unpaired) electrons. The Bertz CT molecular complexity index is 619. The van der Waals surface area contributed by atoms with E-state index >= 15 is 0 Å². The highest BCUT2D eigenvalue weighted by Gasteiger charge is 2.25. The second-order valence-electron chi connectivity index (χ2n) is 4.78. The summed E-state index contributed by atoms with van der Waals surface area (Å²) < 4.78 is 0. The van der Waals surface area contributed by atoms with E-state index in [9.17, 15) is 0 Å². The van der Waals surface area contributed by atoms with Gasteiger partial charge in [0.25, 0.3) is 0 Å². The van der Waals surface area contributed by atoms with E-state index in [2.05, 4.69) is 23.4 Å². The minimum atomic E-state index is 0.346. The Balaban J connectivity index is 2.07. The second-order valence-corrected chi connectivity index (χ2v) is 5.21. The lowest BCUT2D eigenvalue weighted by Gasteiger charge is -2.26. The van der Waals surface area contributed by atoms with E-state index in [1.807, 2.05) is 30.3 Å². The molecule has 0 aromatic heterocycles. The molecule has 3 heteroatoms. The summed E-state index contributed by atoms with van der Waals surface area (Å²) in [4.78, 5) is 0. The van der Waals surface area contributed by atoms with E-state index in [4.69, 9.17) is 16.8 Å². The van der Waals surface area contributed by atoms with E-state index in [0.717, 1.165) is 29.1 Å². The maximum absolute atomic E-state index is 9.10. The van der Waals surface area contributed by atoms with Gasteiger partial charge in [-0.15, -0.1) is 0 Å². The van der Waals surface area contributed by atoms with Crippen LogP contribution in [0.15, 0.2) is 53.7 Å². The molecule has 1 aliphatic carbocycles. The molecule has 1 aliphatic rings. The van der Waals surface area contributed by atoms with Crippen molar-refractivity contribution in [2.75, 3.05) is 0 Å². The molecule has 0 bridgehead atoms. The summed E-state index contributed by atoms with van der Waals surface area (Å²) in [5.41, 5.74) is 4.31. The molecule has 0 saturated heterocycles. The van der Waals surface area contributed by atoms with Crippen LogP contribution in [0.2, 0.25) is 5.02 Å². The van der Waals surface area contributed by atoms with Crippen LogP contribution >= 0.6 is 11.6 Å². The van der Waals surface area contributed by atoms with Crippen molar-refractivity contribution < 1.29 is 5.21 Å². The Morgan fingerprint density at radius 2 is 1.79 bits per heavy atom. The largest absolute Gasteiger partial charge is 0.411 e. The summed E-state index contributed by atoms with van der Waals surface area (Å²) in [6, 6.07) is 16.1. The van der Waals surface area contributed by atoms with Crippen molar-refractivity contribution in [2.24, 2.45) is 5.16 Å². The van der Waals surface area contributed by atoms with Crippen LogP contribution in [-0.4, -0.2) is 10.9 Å². The van der Waals surface area contributed by atoms with Gasteiger partial charge in [0.15, 0.2) is 0 Å². The van der Waals surface area contributed by atoms with Crippen LogP contribution in [-0.2, 0) is 0 Å². The number of oxime groups is 1. The molecule has 0 fully saturated rings. The molecular formula is C16H14ClNO. The molecule has 1 atom stereocenters. The van der Waals surface area contributed by atoms with E-state index in [1.165, 1.54) is 11.1 Å². The van der Waals surface area contributed by atoms with Gasteiger partial charge in [0.05, 0.1) is 5.71 Å². The first-order valence-electron chi connectivity index (χ1n) is 6.35. The lowest BCUT2D eigenvalue weighted by molar-refractivity contribution is 0.317. The van der Waals surface area contributed by atoms with Crippen molar-refractivity contribution in [3.05, 3.63) is 70.2 Å². The van der Waals surface area contributed by atoms with Crippen LogP contribution in [0, 0.1) is 0 Å². The SMILES string of the molecule is ON=C1CCC(c2ccc(Cl)cc2)c2ccccc21. The van der Waals surface area contributed by atoms with E-state index in [0.29, 0.717) is 5.92 Å². The lowest BCUT2D eigenvalue weighted by atomic mass is 9.78. The Hall–Kier alpha value is -1.80. The minimum absolute atomic E-state index is 0.346. The first kappa shape index (κ1) is 12.2. The lowest BCUT2D eigenvalue weighted by Crippen LogP contribution is -2.17. The number of hydrogen-bond donors (Lipinski definition) is 1. The summed E-state index contributed by atoms with van der Waals surface area (Å²) >= 11 is 5.94. The van der Waals surface area contributed by atoms with Gasteiger partial charge in [0.1, 0.15) is 0 Å². The van der Waals surface area contributed by atoms with E-state index in [-0.39, 0.29) is 0 Å². The maximum Gasteiger partial charge on any atom is 0.0871 e. The number of halogens is 1. The summed E-state index contributed by atoms with van der Waals surface area (Å²) in [5.74, 6) is 0.346. The summed E-state index contributed by atoms with van der Waals surface area (Å²) in [6.45, 7) is 0. The predicted molar refractivity (Wildman–Crippen MR) is 77.3 cm³/mol. The number of rotatable bonds is 1. The van der Waals surface area contributed by atoms with Gasteiger partial charge in [-0.1, -0.05) is 53.2 Å². The van der Waals surface area contributed by atoms with Crippen molar-refractivity contribution in [2.45, 2.75) is 18.8 Å². The molecule has 0 spiro atoms. The highest BCUT2D eigenvalue weighted by molar-refractivity contribution is 6.30. The third-order valence-corrected chi connectivity index (χ3v) is 3.96. The molecular weight excluding hydrogens is 258 g/mol. The average molecular weight is 272 g/mol. The van der Waals surface area contributed by atoms with Crippen LogP contribution in [0.1, 0.15) is 35.4 Å². The van der Waals surface area contributed by atoms with E-state index < -0.39 is 0 Å². The molecule has 1 unspecified atom stereocenters. The second kappa shape index (κ2) is 5.06. The highest BCUT2D eigenvalue weighted by atomic mass is 35.5. The van der Waals surface area contributed by atoms with Gasteiger partial charge in [-0.3, -0.25) is 0 Å². The molecule has 1 N–H and O–H groups in total. The molecule has 0 saturated carbocycles. The van der Waals surface area contributed by atoms with E-state index in [1.54, 1.807) is 0 Å². The number of benzene rings is 2. The Morgan fingerprint density at radius 3 is 2.53 bits per heavy atom. The fraction of sp³-hybridized carbons (Fsp3) is 0.188. The first-order chi connectivity index (χ1) is 9.29. The van der Waals surface area contributed by atoms with Gasteiger partial charge < -0.3 is 5.21 Å². The maximum atomic E-state index is 9.10. The molecule has 19 heavy (non-hydrogen) atoms. The fourth-order valence-corrected chi connectivity index (χ4v) is 2.91. The van der Waals surface area contributed by atoms with Crippen LogP contribution in [0.25, 0.3) is 0 Å². The van der Waals surface area contributed by atoms with Gasteiger partial charge in [-0.2, -0.15) is 0 Å². The van der Waals surface area contributed by atoms with Crippen LogP contribution in [0.3, 0.4) is 0 Å². The zero-order valence-corrected chi connectivity index (χ0v) is 11.1. The third kappa shape index (κ3) is 2.24. The summed E-state index contributed by atoms with van der Waals surface area (Å²) in [7, 11) is 0. The monoisotopic (exact) mass is 271 g/mol. The minimum Gasteiger partial charge on any atom is -0.411 e. The zero-order valence-electron chi connectivity index (χ0n) is 10.4. The van der Waals surface area contributed by atoms with Crippen molar-refractivity contribution in [3.8, 4) is 0 Å². The summed E-state index contributed by atoms with van der Waals surface area (Å²) in [5, 5.41) is 13.3. The molecule has 2 aromatic carbocycles.